The predicted octanol–water partition coefficient (Wildman–Crippen LogP) is 5.73. The minimum Gasteiger partial charge on any atom is -0.493 e. The van der Waals surface area contributed by atoms with Gasteiger partial charge in [0.15, 0.2) is 27.8 Å². The third-order valence-corrected chi connectivity index (χ3v) is 9.28. The second-order valence-electron chi connectivity index (χ2n) is 11.6. The second-order valence-corrected chi connectivity index (χ2v) is 12.6. The number of thiazole rings is 1. The van der Waals surface area contributed by atoms with Crippen molar-refractivity contribution in [2.24, 2.45) is 4.99 Å². The van der Waals surface area contributed by atoms with Gasteiger partial charge in [-0.05, 0) is 99.7 Å². The van der Waals surface area contributed by atoms with Gasteiger partial charge < -0.3 is 28.4 Å². The Morgan fingerprint density at radius 3 is 2.12 bits per heavy atom. The molecule has 1 aliphatic rings. The van der Waals surface area contributed by atoms with Gasteiger partial charge in [-0.15, -0.1) is 0 Å². The van der Waals surface area contributed by atoms with Crippen LogP contribution in [-0.2, 0) is 16.1 Å². The molecule has 0 amide bonds. The van der Waals surface area contributed by atoms with Crippen LogP contribution in [-0.4, -0.2) is 45.1 Å². The van der Waals surface area contributed by atoms with E-state index in [1.165, 1.54) is 53.9 Å². The number of hydrogen-bond acceptors (Lipinski definition) is 10. The molecule has 1 aliphatic heterocycles. The molecule has 11 heteroatoms. The zero-order valence-corrected chi connectivity index (χ0v) is 30.2. The molecular weight excluding hydrogens is 644 g/mol. The highest BCUT2D eigenvalue weighted by atomic mass is 32.1. The van der Waals surface area contributed by atoms with Crippen LogP contribution in [0.4, 0.5) is 0 Å². The van der Waals surface area contributed by atoms with Crippen LogP contribution in [0.15, 0.2) is 63.5 Å². The number of ether oxygens (including phenoxy) is 6. The first kappa shape index (κ1) is 35.3. The van der Waals surface area contributed by atoms with Crippen molar-refractivity contribution >= 4 is 23.4 Å². The Morgan fingerprint density at radius 2 is 1.53 bits per heavy atom. The van der Waals surface area contributed by atoms with Crippen molar-refractivity contribution < 1.29 is 33.2 Å². The summed E-state index contributed by atoms with van der Waals surface area (Å²) < 4.78 is 36.4. The summed E-state index contributed by atoms with van der Waals surface area (Å²) >= 11 is 1.23. The molecule has 0 aliphatic carbocycles. The highest BCUT2D eigenvalue weighted by Gasteiger charge is 2.34. The average Bonchev–Trinajstić information content (AvgIpc) is 3.37. The normalized spacial score (nSPS) is 14.2. The molecule has 0 fully saturated rings. The molecule has 2 heterocycles. The smallest absolute Gasteiger partial charge is 0.338 e. The number of carbonyl (C=O) groups excluding carboxylic acids is 1. The maximum Gasteiger partial charge on any atom is 0.338 e. The Kier molecular flexibility index (Phi) is 10.8. The van der Waals surface area contributed by atoms with Crippen molar-refractivity contribution in [1.29, 1.82) is 0 Å². The van der Waals surface area contributed by atoms with E-state index in [0.717, 1.165) is 11.1 Å². The van der Waals surface area contributed by atoms with Gasteiger partial charge in [0.2, 0.25) is 5.75 Å². The summed E-state index contributed by atoms with van der Waals surface area (Å²) in [6.45, 7) is 12.6. The van der Waals surface area contributed by atoms with E-state index in [0.29, 0.717) is 62.6 Å². The number of carbonyl (C=O) groups is 1. The number of aryl methyl sites for hydroxylation is 3. The highest BCUT2D eigenvalue weighted by molar-refractivity contribution is 7.07. The standard InChI is InChI=1S/C38H42N2O8S/c1-10-46-29-16-25(12-13-28(29)48-20-27-22(4)14-21(3)15-23(27)5)17-32-36(41)40-34(26-18-30(43-7)35(45-9)31(19-26)44-8)33(37(42)47-11-2)24(6)39-38(40)49-32/h12-19,34H,10-11,20H2,1-9H3/b32-17-/t34-/m0/s1. The number of nitrogens with zero attached hydrogens (tertiary/aromatic N) is 2. The first-order valence-corrected chi connectivity index (χ1v) is 16.8. The lowest BCUT2D eigenvalue weighted by Crippen LogP contribution is -2.40. The largest absolute Gasteiger partial charge is 0.493 e. The Bertz CT molecular complexity index is 2060. The van der Waals surface area contributed by atoms with E-state index in [-0.39, 0.29) is 17.7 Å². The number of esters is 1. The van der Waals surface area contributed by atoms with E-state index < -0.39 is 12.0 Å². The lowest BCUT2D eigenvalue weighted by atomic mass is 9.95. The van der Waals surface area contributed by atoms with E-state index in [1.54, 1.807) is 32.1 Å². The van der Waals surface area contributed by atoms with Crippen LogP contribution in [0.5, 0.6) is 28.7 Å². The van der Waals surface area contributed by atoms with E-state index in [2.05, 4.69) is 32.9 Å². The lowest BCUT2D eigenvalue weighted by Gasteiger charge is -2.26. The van der Waals surface area contributed by atoms with Crippen molar-refractivity contribution in [2.75, 3.05) is 34.5 Å². The molecule has 1 aromatic heterocycles. The molecule has 1 atom stereocenters. The number of fused-ring (bicyclic) bond motifs is 1. The van der Waals surface area contributed by atoms with Crippen LogP contribution >= 0.6 is 11.3 Å². The predicted molar refractivity (Wildman–Crippen MR) is 189 cm³/mol. The minimum atomic E-state index is -0.866. The Balaban J connectivity index is 1.60. The third kappa shape index (κ3) is 7.07. The van der Waals surface area contributed by atoms with E-state index in [4.69, 9.17) is 33.4 Å². The van der Waals surface area contributed by atoms with Gasteiger partial charge >= 0.3 is 5.97 Å². The van der Waals surface area contributed by atoms with Gasteiger partial charge in [-0.3, -0.25) is 9.36 Å². The van der Waals surface area contributed by atoms with Crippen molar-refractivity contribution in [2.45, 2.75) is 54.2 Å². The number of allylic oxidation sites excluding steroid dienone is 1. The highest BCUT2D eigenvalue weighted by Crippen LogP contribution is 2.42. The van der Waals surface area contributed by atoms with Gasteiger partial charge in [-0.2, -0.15) is 0 Å². The van der Waals surface area contributed by atoms with Crippen molar-refractivity contribution in [1.82, 2.24) is 4.57 Å². The fourth-order valence-corrected chi connectivity index (χ4v) is 7.15. The number of benzene rings is 3. The second kappa shape index (κ2) is 15.0. The quantitative estimate of drug-likeness (QED) is 0.174. The molecule has 3 aromatic carbocycles. The molecule has 5 rings (SSSR count). The Labute approximate surface area is 289 Å². The summed E-state index contributed by atoms with van der Waals surface area (Å²) in [5.41, 5.74) is 6.39. The first-order valence-electron chi connectivity index (χ1n) is 16.0. The SMILES string of the molecule is CCOC(=O)C1=C(C)N=c2s/c(=C\c3ccc(OCc4c(C)cc(C)cc4C)c(OCC)c3)c(=O)n2[C@H]1c1cc(OC)c(OC)c(OC)c1. The molecule has 49 heavy (non-hydrogen) atoms. The van der Waals surface area contributed by atoms with Crippen LogP contribution in [0.2, 0.25) is 0 Å². The number of aromatic nitrogens is 1. The van der Waals surface area contributed by atoms with Crippen LogP contribution in [0.25, 0.3) is 6.08 Å². The monoisotopic (exact) mass is 686 g/mol. The van der Waals surface area contributed by atoms with Crippen molar-refractivity contribution in [3.63, 3.8) is 0 Å². The molecular formula is C38H42N2O8S. The van der Waals surface area contributed by atoms with Gasteiger partial charge in [0.25, 0.3) is 5.56 Å². The molecule has 0 N–H and O–H groups in total. The molecule has 258 valence electrons. The van der Waals surface area contributed by atoms with Crippen LogP contribution < -0.4 is 38.6 Å². The summed E-state index contributed by atoms with van der Waals surface area (Å²) in [6, 6.07) is 12.5. The molecule has 10 nitrogen and oxygen atoms in total. The fourth-order valence-electron chi connectivity index (χ4n) is 6.11. The molecule has 0 unspecified atom stereocenters. The van der Waals surface area contributed by atoms with Crippen molar-refractivity contribution in [3.05, 3.63) is 107 Å². The summed E-state index contributed by atoms with van der Waals surface area (Å²) in [5.74, 6) is 1.77. The van der Waals surface area contributed by atoms with Gasteiger partial charge in [-0.25, -0.2) is 9.79 Å². The summed E-state index contributed by atoms with van der Waals surface area (Å²) in [7, 11) is 4.54. The lowest BCUT2D eigenvalue weighted by molar-refractivity contribution is -0.139. The Morgan fingerprint density at radius 1 is 0.857 bits per heavy atom. The van der Waals surface area contributed by atoms with Crippen LogP contribution in [0.1, 0.15) is 60.2 Å². The van der Waals surface area contributed by atoms with E-state index in [1.807, 2.05) is 25.1 Å². The molecule has 0 radical (unpaired) electrons. The zero-order valence-electron chi connectivity index (χ0n) is 29.4. The fraction of sp³-hybridized carbons (Fsp3) is 0.342. The molecule has 0 saturated carbocycles. The maximum atomic E-state index is 14.3. The van der Waals surface area contributed by atoms with Crippen LogP contribution in [0, 0.1) is 20.8 Å². The molecule has 0 saturated heterocycles. The van der Waals surface area contributed by atoms with Gasteiger partial charge in [0, 0.05) is 0 Å². The van der Waals surface area contributed by atoms with E-state index >= 15 is 0 Å². The van der Waals surface area contributed by atoms with Gasteiger partial charge in [0.05, 0.1) is 56.4 Å². The topological polar surface area (TPSA) is 107 Å². The number of methoxy groups -OCH3 is 3. The average molecular weight is 687 g/mol. The molecule has 0 bridgehead atoms. The summed E-state index contributed by atoms with van der Waals surface area (Å²) in [6.07, 6.45) is 1.79. The first-order chi connectivity index (χ1) is 23.5. The number of rotatable bonds is 12. The van der Waals surface area contributed by atoms with Gasteiger partial charge in [0.1, 0.15) is 6.61 Å². The third-order valence-electron chi connectivity index (χ3n) is 8.30. The zero-order chi connectivity index (χ0) is 35.4. The Hall–Kier alpha value is -5.03. The van der Waals surface area contributed by atoms with Crippen LogP contribution in [0.3, 0.4) is 0 Å². The summed E-state index contributed by atoms with van der Waals surface area (Å²) in [5, 5.41) is 0. The minimum absolute atomic E-state index is 0.161. The van der Waals surface area contributed by atoms with Crippen molar-refractivity contribution in [3.8, 4) is 28.7 Å². The van der Waals surface area contributed by atoms with E-state index in [9.17, 15) is 9.59 Å². The number of hydrogen-bond donors (Lipinski definition) is 0. The molecule has 0 spiro atoms. The maximum absolute atomic E-state index is 14.3. The summed E-state index contributed by atoms with van der Waals surface area (Å²) in [4.78, 5) is 32.8. The van der Waals surface area contributed by atoms with Gasteiger partial charge in [-0.1, -0.05) is 35.1 Å². The molecule has 4 aromatic rings.